The molecule has 0 aromatic carbocycles. The van der Waals surface area contributed by atoms with Crippen LogP contribution in [0.15, 0.2) is 0 Å². The highest BCUT2D eigenvalue weighted by molar-refractivity contribution is 4.87. The van der Waals surface area contributed by atoms with Gasteiger partial charge in [0.05, 0.1) is 0 Å². The average Bonchev–Trinajstić information content (AvgIpc) is 2.59. The van der Waals surface area contributed by atoms with Crippen LogP contribution in [0, 0.1) is 11.8 Å². The van der Waals surface area contributed by atoms with Gasteiger partial charge in [-0.05, 0) is 31.1 Å². The molecule has 1 saturated carbocycles. The second kappa shape index (κ2) is 4.63. The number of likely N-dealkylation sites (tertiary alicyclic amines) is 1. The summed E-state index contributed by atoms with van der Waals surface area (Å²) in [4.78, 5) is 2.61. The van der Waals surface area contributed by atoms with Crippen molar-refractivity contribution in [2.24, 2.45) is 17.6 Å². The van der Waals surface area contributed by atoms with E-state index in [2.05, 4.69) is 11.8 Å². The van der Waals surface area contributed by atoms with E-state index in [1.165, 1.54) is 38.8 Å². The van der Waals surface area contributed by atoms with Gasteiger partial charge in [-0.15, -0.1) is 0 Å². The summed E-state index contributed by atoms with van der Waals surface area (Å²) in [6.45, 7) is 5.98. The summed E-state index contributed by atoms with van der Waals surface area (Å²) >= 11 is 0. The first-order chi connectivity index (χ1) is 6.79. The van der Waals surface area contributed by atoms with Crippen molar-refractivity contribution in [1.29, 1.82) is 0 Å². The van der Waals surface area contributed by atoms with E-state index in [0.717, 1.165) is 24.8 Å². The molecule has 1 aliphatic carbocycles. The summed E-state index contributed by atoms with van der Waals surface area (Å²) in [5, 5.41) is 0. The van der Waals surface area contributed by atoms with Gasteiger partial charge in [0.25, 0.3) is 0 Å². The number of hydrogen-bond acceptors (Lipinski definition) is 2. The Morgan fingerprint density at radius 3 is 2.29 bits per heavy atom. The zero-order valence-electron chi connectivity index (χ0n) is 9.41. The molecule has 2 nitrogen and oxygen atoms in total. The smallest absolute Gasteiger partial charge is 0.0165 e. The van der Waals surface area contributed by atoms with E-state index in [4.69, 9.17) is 5.73 Å². The van der Waals surface area contributed by atoms with Crippen molar-refractivity contribution in [1.82, 2.24) is 4.90 Å². The Labute approximate surface area is 87.8 Å². The Kier molecular flexibility index (Phi) is 3.45. The van der Waals surface area contributed by atoms with Gasteiger partial charge in [-0.3, -0.25) is 0 Å². The molecule has 2 rings (SSSR count). The van der Waals surface area contributed by atoms with E-state index in [1.807, 2.05) is 0 Å². The lowest BCUT2D eigenvalue weighted by atomic mass is 9.82. The molecule has 14 heavy (non-hydrogen) atoms. The SMILES string of the molecule is CC[C@H](N)CN1CC2CCCCC2C1. The minimum absolute atomic E-state index is 0.398. The zero-order valence-corrected chi connectivity index (χ0v) is 9.41. The predicted molar refractivity (Wildman–Crippen MR) is 60.2 cm³/mol. The van der Waals surface area contributed by atoms with Gasteiger partial charge in [-0.25, -0.2) is 0 Å². The van der Waals surface area contributed by atoms with Gasteiger partial charge in [-0.1, -0.05) is 19.8 Å². The Balaban J connectivity index is 1.80. The first kappa shape index (κ1) is 10.4. The van der Waals surface area contributed by atoms with Crippen molar-refractivity contribution in [3.05, 3.63) is 0 Å². The van der Waals surface area contributed by atoms with Gasteiger partial charge in [0.1, 0.15) is 0 Å². The maximum atomic E-state index is 6.00. The molecular weight excluding hydrogens is 172 g/mol. The maximum Gasteiger partial charge on any atom is 0.0165 e. The number of nitrogens with zero attached hydrogens (tertiary/aromatic N) is 1. The van der Waals surface area contributed by atoms with Crippen LogP contribution < -0.4 is 5.73 Å². The number of hydrogen-bond donors (Lipinski definition) is 1. The molecule has 1 saturated heterocycles. The third kappa shape index (κ3) is 2.29. The molecule has 0 aromatic heterocycles. The number of nitrogens with two attached hydrogens (primary N) is 1. The number of rotatable bonds is 3. The summed E-state index contributed by atoms with van der Waals surface area (Å²) in [6.07, 6.45) is 7.00. The predicted octanol–water partition coefficient (Wildman–Crippen LogP) is 1.85. The Hall–Kier alpha value is -0.0800. The standard InChI is InChI=1S/C12H24N2/c1-2-12(13)9-14-7-10-5-3-4-6-11(10)8-14/h10-12H,2-9,13H2,1H3/t10?,11?,12-/m0/s1. The summed E-state index contributed by atoms with van der Waals surface area (Å²) in [5.41, 5.74) is 6.00. The van der Waals surface area contributed by atoms with Crippen molar-refractivity contribution in [3.63, 3.8) is 0 Å². The summed E-state index contributed by atoms with van der Waals surface area (Å²) in [6, 6.07) is 0.398. The van der Waals surface area contributed by atoms with Crippen LogP contribution in [0.1, 0.15) is 39.0 Å². The topological polar surface area (TPSA) is 29.3 Å². The zero-order chi connectivity index (χ0) is 9.97. The molecule has 0 spiro atoms. The lowest BCUT2D eigenvalue weighted by Crippen LogP contribution is -2.35. The van der Waals surface area contributed by atoms with Crippen LogP contribution in [-0.4, -0.2) is 30.6 Å². The molecule has 0 aromatic rings. The fourth-order valence-corrected chi connectivity index (χ4v) is 3.11. The first-order valence-electron chi connectivity index (χ1n) is 6.27. The Morgan fingerprint density at radius 1 is 1.21 bits per heavy atom. The molecule has 2 N–H and O–H groups in total. The van der Waals surface area contributed by atoms with Crippen LogP contribution in [0.2, 0.25) is 0 Å². The van der Waals surface area contributed by atoms with Gasteiger partial charge in [-0.2, -0.15) is 0 Å². The monoisotopic (exact) mass is 196 g/mol. The molecule has 2 heteroatoms. The van der Waals surface area contributed by atoms with Gasteiger partial charge in [0.2, 0.25) is 0 Å². The van der Waals surface area contributed by atoms with E-state index in [0.29, 0.717) is 6.04 Å². The van der Waals surface area contributed by atoms with Crippen molar-refractivity contribution < 1.29 is 0 Å². The molecule has 2 aliphatic rings. The highest BCUT2D eigenvalue weighted by atomic mass is 15.2. The summed E-state index contributed by atoms with van der Waals surface area (Å²) in [5.74, 6) is 2.01. The summed E-state index contributed by atoms with van der Waals surface area (Å²) in [7, 11) is 0. The third-order valence-electron chi connectivity index (χ3n) is 4.07. The highest BCUT2D eigenvalue weighted by Gasteiger charge is 2.34. The minimum Gasteiger partial charge on any atom is -0.327 e. The average molecular weight is 196 g/mol. The molecule has 1 heterocycles. The second-order valence-electron chi connectivity index (χ2n) is 5.19. The maximum absolute atomic E-state index is 6.00. The van der Waals surface area contributed by atoms with Crippen molar-refractivity contribution in [2.45, 2.75) is 45.1 Å². The molecule has 2 unspecified atom stereocenters. The molecule has 0 bridgehead atoms. The molecular formula is C12H24N2. The fourth-order valence-electron chi connectivity index (χ4n) is 3.11. The molecule has 3 atom stereocenters. The fraction of sp³-hybridized carbons (Fsp3) is 1.00. The van der Waals surface area contributed by atoms with Crippen LogP contribution in [0.4, 0.5) is 0 Å². The lowest BCUT2D eigenvalue weighted by molar-refractivity contribution is 0.296. The minimum atomic E-state index is 0.398. The van der Waals surface area contributed by atoms with E-state index < -0.39 is 0 Å². The summed E-state index contributed by atoms with van der Waals surface area (Å²) < 4.78 is 0. The van der Waals surface area contributed by atoms with Gasteiger partial charge in [0.15, 0.2) is 0 Å². The Morgan fingerprint density at radius 2 is 1.79 bits per heavy atom. The van der Waals surface area contributed by atoms with Crippen molar-refractivity contribution in [2.75, 3.05) is 19.6 Å². The first-order valence-corrected chi connectivity index (χ1v) is 6.27. The van der Waals surface area contributed by atoms with E-state index in [1.54, 1.807) is 0 Å². The second-order valence-corrected chi connectivity index (χ2v) is 5.19. The normalized spacial score (nSPS) is 35.6. The van der Waals surface area contributed by atoms with Gasteiger partial charge >= 0.3 is 0 Å². The molecule has 1 aliphatic heterocycles. The van der Waals surface area contributed by atoms with Crippen molar-refractivity contribution >= 4 is 0 Å². The Bertz CT molecular complexity index is 167. The molecule has 0 amide bonds. The van der Waals surface area contributed by atoms with Crippen LogP contribution in [0.5, 0.6) is 0 Å². The van der Waals surface area contributed by atoms with E-state index >= 15 is 0 Å². The van der Waals surface area contributed by atoms with Gasteiger partial charge in [0, 0.05) is 25.7 Å². The van der Waals surface area contributed by atoms with Crippen LogP contribution in [-0.2, 0) is 0 Å². The highest BCUT2D eigenvalue weighted by Crippen LogP contribution is 2.35. The van der Waals surface area contributed by atoms with E-state index in [-0.39, 0.29) is 0 Å². The van der Waals surface area contributed by atoms with Crippen molar-refractivity contribution in [3.8, 4) is 0 Å². The van der Waals surface area contributed by atoms with E-state index in [9.17, 15) is 0 Å². The third-order valence-corrected chi connectivity index (χ3v) is 4.07. The van der Waals surface area contributed by atoms with Crippen LogP contribution in [0.3, 0.4) is 0 Å². The molecule has 2 fully saturated rings. The lowest BCUT2D eigenvalue weighted by Gasteiger charge is -2.23. The molecule has 82 valence electrons. The largest absolute Gasteiger partial charge is 0.327 e. The molecule has 0 radical (unpaired) electrons. The van der Waals surface area contributed by atoms with Crippen LogP contribution in [0.25, 0.3) is 0 Å². The van der Waals surface area contributed by atoms with Gasteiger partial charge < -0.3 is 10.6 Å². The number of fused-ring (bicyclic) bond motifs is 1. The van der Waals surface area contributed by atoms with Crippen LogP contribution >= 0.6 is 0 Å². The quantitative estimate of drug-likeness (QED) is 0.746.